The summed E-state index contributed by atoms with van der Waals surface area (Å²) in [5, 5.41) is 38.1. The molecule has 0 bridgehead atoms. The molecule has 0 radical (unpaired) electrons. The van der Waals surface area contributed by atoms with Gasteiger partial charge in [-0.25, -0.2) is 13.2 Å². The summed E-state index contributed by atoms with van der Waals surface area (Å²) in [6.45, 7) is -0.128. The highest BCUT2D eigenvalue weighted by atomic mass is 19.1. The van der Waals surface area contributed by atoms with Crippen LogP contribution in [0.3, 0.4) is 0 Å². The predicted molar refractivity (Wildman–Crippen MR) is 106 cm³/mol. The Morgan fingerprint density at radius 3 is 1.79 bits per heavy atom. The average Bonchev–Trinajstić information content (AvgIpc) is 2.76. The number of halogens is 3. The van der Waals surface area contributed by atoms with Crippen LogP contribution in [0.15, 0.2) is 54.6 Å². The molecule has 0 fully saturated rings. The van der Waals surface area contributed by atoms with Gasteiger partial charge >= 0.3 is 0 Å². The molecule has 33 heavy (non-hydrogen) atoms. The highest BCUT2D eigenvalue weighted by Gasteiger charge is 2.15. The van der Waals surface area contributed by atoms with Crippen LogP contribution in [-0.2, 0) is 6.61 Å². The third kappa shape index (κ3) is 6.77. The van der Waals surface area contributed by atoms with Gasteiger partial charge in [0.25, 0.3) is 11.4 Å². The molecule has 0 aliphatic heterocycles. The fourth-order valence-corrected chi connectivity index (χ4v) is 2.47. The van der Waals surface area contributed by atoms with Crippen molar-refractivity contribution in [1.29, 1.82) is 10.5 Å². The highest BCUT2D eigenvalue weighted by molar-refractivity contribution is 5.52. The van der Waals surface area contributed by atoms with Crippen molar-refractivity contribution >= 4 is 11.4 Å². The molecule has 166 valence electrons. The van der Waals surface area contributed by atoms with Crippen molar-refractivity contribution in [2.75, 3.05) is 0 Å². The van der Waals surface area contributed by atoms with E-state index in [2.05, 4.69) is 0 Å². The quantitative estimate of drug-likeness (QED) is 0.391. The summed E-state index contributed by atoms with van der Waals surface area (Å²) in [6.07, 6.45) is 0. The van der Waals surface area contributed by atoms with Gasteiger partial charge < -0.3 is 4.74 Å². The lowest BCUT2D eigenvalue weighted by molar-refractivity contribution is -0.385. The van der Waals surface area contributed by atoms with Gasteiger partial charge in [0.1, 0.15) is 53.1 Å². The molecule has 0 spiro atoms. The van der Waals surface area contributed by atoms with E-state index in [9.17, 15) is 33.4 Å². The summed E-state index contributed by atoms with van der Waals surface area (Å²) in [6, 6.07) is 12.6. The van der Waals surface area contributed by atoms with Gasteiger partial charge in [-0.2, -0.15) is 10.5 Å². The van der Waals surface area contributed by atoms with Crippen LogP contribution in [0.2, 0.25) is 0 Å². The first-order valence-electron chi connectivity index (χ1n) is 8.75. The molecule has 0 unspecified atom stereocenters. The topological polar surface area (TPSA) is 143 Å². The SMILES string of the molecule is N#Cc1cc(F)ccc1[N+](=O)[O-].N#Cc1cc(OCc2cc(F)cc(F)c2)ccc1[N+](=O)[O-]. The molecule has 9 nitrogen and oxygen atoms in total. The van der Waals surface area contributed by atoms with E-state index in [-0.39, 0.29) is 40.4 Å². The van der Waals surface area contributed by atoms with Crippen LogP contribution in [0.1, 0.15) is 16.7 Å². The maximum absolute atomic E-state index is 13.0. The standard InChI is InChI=1S/C14H8F2N2O3.C7H3FN2O2/c15-11-3-9(4-12(16)6-11)8-21-13-1-2-14(18(19)20)10(5-13)7-17;8-6-1-2-7(10(11)12)5(3-6)4-9/h1-6H,8H2;1-3H. The molecule has 0 saturated carbocycles. The van der Waals surface area contributed by atoms with E-state index in [1.54, 1.807) is 6.07 Å². The van der Waals surface area contributed by atoms with E-state index in [4.69, 9.17) is 15.3 Å². The Bertz CT molecular complexity index is 1280. The van der Waals surface area contributed by atoms with Crippen LogP contribution in [0.4, 0.5) is 24.5 Å². The molecule has 0 N–H and O–H groups in total. The molecule has 0 amide bonds. The van der Waals surface area contributed by atoms with Gasteiger partial charge in [-0.1, -0.05) is 0 Å². The maximum Gasteiger partial charge on any atom is 0.287 e. The van der Waals surface area contributed by atoms with Crippen molar-refractivity contribution in [3.05, 3.63) is 109 Å². The molecule has 0 heterocycles. The van der Waals surface area contributed by atoms with Crippen LogP contribution in [-0.4, -0.2) is 9.85 Å². The van der Waals surface area contributed by atoms with E-state index in [1.807, 2.05) is 0 Å². The lowest BCUT2D eigenvalue weighted by atomic mass is 10.2. The Morgan fingerprint density at radius 2 is 1.27 bits per heavy atom. The predicted octanol–water partition coefficient (Wildman–Crippen LogP) is 4.93. The number of benzene rings is 3. The van der Waals surface area contributed by atoms with Gasteiger partial charge in [0.15, 0.2) is 0 Å². The van der Waals surface area contributed by atoms with Crippen molar-refractivity contribution in [3.8, 4) is 17.9 Å². The molecule has 12 heteroatoms. The zero-order valence-corrected chi connectivity index (χ0v) is 16.4. The monoisotopic (exact) mass is 456 g/mol. The van der Waals surface area contributed by atoms with Crippen LogP contribution in [0.25, 0.3) is 0 Å². The van der Waals surface area contributed by atoms with Crippen molar-refractivity contribution < 1.29 is 27.8 Å². The first-order valence-corrected chi connectivity index (χ1v) is 8.75. The summed E-state index contributed by atoms with van der Waals surface area (Å²) in [7, 11) is 0. The summed E-state index contributed by atoms with van der Waals surface area (Å²) in [5.74, 6) is -1.91. The molecule has 0 saturated heterocycles. The molecule has 0 aliphatic rings. The second-order valence-electron chi connectivity index (χ2n) is 6.14. The van der Waals surface area contributed by atoms with E-state index >= 15 is 0 Å². The molecule has 3 rings (SSSR count). The molecular formula is C21H11F3N4O5. The van der Waals surface area contributed by atoms with Crippen molar-refractivity contribution in [2.45, 2.75) is 6.61 Å². The van der Waals surface area contributed by atoms with E-state index in [1.165, 1.54) is 18.2 Å². The number of nitriles is 2. The largest absolute Gasteiger partial charge is 0.489 e. The Hall–Kier alpha value is -4.97. The van der Waals surface area contributed by atoms with Crippen LogP contribution < -0.4 is 4.74 Å². The van der Waals surface area contributed by atoms with E-state index in [0.717, 1.165) is 42.5 Å². The second-order valence-corrected chi connectivity index (χ2v) is 6.14. The third-order valence-corrected chi connectivity index (χ3v) is 3.89. The number of hydrogen-bond donors (Lipinski definition) is 0. The van der Waals surface area contributed by atoms with Crippen molar-refractivity contribution in [3.63, 3.8) is 0 Å². The fourth-order valence-electron chi connectivity index (χ4n) is 2.47. The van der Waals surface area contributed by atoms with E-state index in [0.29, 0.717) is 0 Å². The van der Waals surface area contributed by atoms with Crippen LogP contribution in [0, 0.1) is 60.3 Å². The Kier molecular flexibility index (Phi) is 8.01. The van der Waals surface area contributed by atoms with E-state index < -0.39 is 27.3 Å². The number of ether oxygens (including phenoxy) is 1. The minimum atomic E-state index is -0.727. The minimum absolute atomic E-state index is 0.128. The summed E-state index contributed by atoms with van der Waals surface area (Å²) >= 11 is 0. The van der Waals surface area contributed by atoms with Gasteiger partial charge in [-0.05, 0) is 35.9 Å². The Labute approximate surface area is 183 Å². The molecule has 3 aromatic carbocycles. The number of nitro benzene ring substituents is 2. The smallest absolute Gasteiger partial charge is 0.287 e. The van der Waals surface area contributed by atoms with Gasteiger partial charge in [-0.15, -0.1) is 0 Å². The molecule has 0 aromatic heterocycles. The van der Waals surface area contributed by atoms with Crippen LogP contribution in [0.5, 0.6) is 5.75 Å². The third-order valence-electron chi connectivity index (χ3n) is 3.89. The minimum Gasteiger partial charge on any atom is -0.489 e. The molecule has 0 atom stereocenters. The molecule has 0 aliphatic carbocycles. The first-order chi connectivity index (χ1) is 15.6. The van der Waals surface area contributed by atoms with Crippen molar-refractivity contribution in [2.24, 2.45) is 0 Å². The van der Waals surface area contributed by atoms with Gasteiger partial charge in [0.05, 0.1) is 9.85 Å². The number of hydrogen-bond acceptors (Lipinski definition) is 7. The summed E-state index contributed by atoms with van der Waals surface area (Å²) < 4.78 is 43.7. The Balaban J connectivity index is 0.000000273. The Morgan fingerprint density at radius 1 is 0.758 bits per heavy atom. The lowest BCUT2D eigenvalue weighted by Gasteiger charge is -2.07. The first kappa shape index (κ1) is 24.3. The average molecular weight is 456 g/mol. The highest BCUT2D eigenvalue weighted by Crippen LogP contribution is 2.24. The number of nitrogens with zero attached hydrogens (tertiary/aromatic N) is 4. The van der Waals surface area contributed by atoms with Crippen LogP contribution >= 0.6 is 0 Å². The summed E-state index contributed by atoms with van der Waals surface area (Å²) in [4.78, 5) is 19.5. The maximum atomic E-state index is 13.0. The zero-order chi connectivity index (χ0) is 24.5. The number of nitro groups is 2. The van der Waals surface area contributed by atoms with Gasteiger partial charge in [0.2, 0.25) is 0 Å². The molecular weight excluding hydrogens is 445 g/mol. The van der Waals surface area contributed by atoms with Gasteiger partial charge in [-0.3, -0.25) is 20.2 Å². The second kappa shape index (κ2) is 10.9. The normalized spacial score (nSPS) is 9.61. The molecule has 3 aromatic rings. The van der Waals surface area contributed by atoms with Crippen molar-refractivity contribution in [1.82, 2.24) is 0 Å². The number of rotatable bonds is 5. The van der Waals surface area contributed by atoms with Gasteiger partial charge in [0, 0.05) is 24.3 Å². The fraction of sp³-hybridized carbons (Fsp3) is 0.0476. The lowest BCUT2D eigenvalue weighted by Crippen LogP contribution is -1.98. The zero-order valence-electron chi connectivity index (χ0n) is 16.4. The summed E-state index contributed by atoms with van der Waals surface area (Å²) in [5.41, 5.74) is -0.854.